The number of benzene rings is 1. The number of ether oxygens (including phenoxy) is 1. The first-order chi connectivity index (χ1) is 7.22. The number of anilines is 1. The molecule has 0 amide bonds. The van der Waals surface area contributed by atoms with E-state index in [0.29, 0.717) is 0 Å². The summed E-state index contributed by atoms with van der Waals surface area (Å²) in [5, 5.41) is 1.10. The third kappa shape index (κ3) is 1.73. The molecule has 0 N–H and O–H groups in total. The van der Waals surface area contributed by atoms with Crippen molar-refractivity contribution in [1.82, 2.24) is 4.98 Å². The Labute approximate surface area is 89.3 Å². The smallest absolute Gasteiger partial charge is 0.145 e. The minimum absolute atomic E-state index is 0.816. The molecule has 15 heavy (non-hydrogen) atoms. The minimum atomic E-state index is 0.816. The molecular weight excluding hydrogens is 188 g/mol. The van der Waals surface area contributed by atoms with E-state index in [1.807, 2.05) is 43.3 Å². The highest BCUT2D eigenvalue weighted by Gasteiger charge is 2.04. The first kappa shape index (κ1) is 9.77. The number of aromatic nitrogens is 1. The summed E-state index contributed by atoms with van der Waals surface area (Å²) in [5.41, 5.74) is 0.909. The van der Waals surface area contributed by atoms with Crippen LogP contribution in [0.15, 0.2) is 30.3 Å². The van der Waals surface area contributed by atoms with E-state index >= 15 is 0 Å². The van der Waals surface area contributed by atoms with Crippen molar-refractivity contribution in [2.75, 3.05) is 26.1 Å². The lowest BCUT2D eigenvalue weighted by molar-refractivity contribution is 0.419. The first-order valence-electron chi connectivity index (χ1n) is 4.83. The predicted octanol–water partition coefficient (Wildman–Crippen LogP) is 2.31. The number of pyridine rings is 1. The van der Waals surface area contributed by atoms with E-state index in [4.69, 9.17) is 4.74 Å². The molecule has 78 valence electrons. The third-order valence-electron chi connectivity index (χ3n) is 2.35. The molecule has 2 aromatic rings. The van der Waals surface area contributed by atoms with E-state index in [1.165, 1.54) is 0 Å². The Morgan fingerprint density at radius 3 is 2.60 bits per heavy atom. The second-order valence-electron chi connectivity index (χ2n) is 3.60. The topological polar surface area (TPSA) is 25.4 Å². The molecule has 0 fully saturated rings. The minimum Gasteiger partial charge on any atom is -0.494 e. The maximum Gasteiger partial charge on any atom is 0.145 e. The molecule has 0 aliphatic rings. The van der Waals surface area contributed by atoms with Gasteiger partial charge < -0.3 is 9.64 Å². The molecule has 0 spiro atoms. The van der Waals surface area contributed by atoms with Gasteiger partial charge in [0.1, 0.15) is 17.1 Å². The standard InChI is InChI=1S/C12H14N2O/c1-14(2)11-8-7-9-5-4-6-10(15-3)12(9)13-11/h4-8H,1-3H3. The lowest BCUT2D eigenvalue weighted by Crippen LogP contribution is -2.10. The summed E-state index contributed by atoms with van der Waals surface area (Å²) < 4.78 is 5.28. The van der Waals surface area contributed by atoms with Crippen LogP contribution in [0.1, 0.15) is 0 Å². The summed E-state index contributed by atoms with van der Waals surface area (Å²) in [6.45, 7) is 0. The van der Waals surface area contributed by atoms with Crippen LogP contribution in [0.25, 0.3) is 10.9 Å². The van der Waals surface area contributed by atoms with Gasteiger partial charge in [0.25, 0.3) is 0 Å². The summed E-state index contributed by atoms with van der Waals surface area (Å²) in [4.78, 5) is 6.52. The average molecular weight is 202 g/mol. The van der Waals surface area contributed by atoms with Crippen LogP contribution < -0.4 is 9.64 Å². The molecular formula is C12H14N2O. The molecule has 0 saturated carbocycles. The Kier molecular flexibility index (Phi) is 2.46. The summed E-state index contributed by atoms with van der Waals surface area (Å²) in [6, 6.07) is 9.99. The van der Waals surface area contributed by atoms with Gasteiger partial charge in [-0.3, -0.25) is 0 Å². The maximum absolute atomic E-state index is 5.28. The molecule has 3 heteroatoms. The van der Waals surface area contributed by atoms with Crippen LogP contribution in [-0.4, -0.2) is 26.2 Å². The molecule has 2 rings (SSSR count). The van der Waals surface area contributed by atoms with Crippen molar-refractivity contribution in [1.29, 1.82) is 0 Å². The number of fused-ring (bicyclic) bond motifs is 1. The average Bonchev–Trinajstić information content (AvgIpc) is 2.27. The van der Waals surface area contributed by atoms with Crippen molar-refractivity contribution in [3.8, 4) is 5.75 Å². The quantitative estimate of drug-likeness (QED) is 0.747. The van der Waals surface area contributed by atoms with Gasteiger partial charge in [0, 0.05) is 19.5 Å². The molecule has 0 unspecified atom stereocenters. The highest BCUT2D eigenvalue weighted by molar-refractivity contribution is 5.85. The summed E-state index contributed by atoms with van der Waals surface area (Å²) >= 11 is 0. The molecule has 0 radical (unpaired) electrons. The first-order valence-corrected chi connectivity index (χ1v) is 4.83. The van der Waals surface area contributed by atoms with Gasteiger partial charge in [-0.15, -0.1) is 0 Å². The molecule has 0 atom stereocenters. The van der Waals surface area contributed by atoms with Crippen LogP contribution in [0.2, 0.25) is 0 Å². The zero-order valence-corrected chi connectivity index (χ0v) is 9.19. The Balaban J connectivity index is 2.67. The SMILES string of the molecule is COc1cccc2ccc(N(C)C)nc12. The van der Waals surface area contributed by atoms with E-state index < -0.39 is 0 Å². The van der Waals surface area contributed by atoms with E-state index in [-0.39, 0.29) is 0 Å². The fraction of sp³-hybridized carbons (Fsp3) is 0.250. The molecule has 0 aliphatic carbocycles. The van der Waals surface area contributed by atoms with Crippen LogP contribution >= 0.6 is 0 Å². The summed E-state index contributed by atoms with van der Waals surface area (Å²) in [6.07, 6.45) is 0. The largest absolute Gasteiger partial charge is 0.494 e. The normalized spacial score (nSPS) is 10.3. The molecule has 0 aliphatic heterocycles. The van der Waals surface area contributed by atoms with Crippen LogP contribution in [0.3, 0.4) is 0 Å². The van der Waals surface area contributed by atoms with Gasteiger partial charge in [-0.05, 0) is 18.2 Å². The van der Waals surface area contributed by atoms with Gasteiger partial charge in [0.15, 0.2) is 0 Å². The number of methoxy groups -OCH3 is 1. The van der Waals surface area contributed by atoms with E-state index in [9.17, 15) is 0 Å². The molecule has 1 heterocycles. The van der Waals surface area contributed by atoms with E-state index in [2.05, 4.69) is 11.1 Å². The number of hydrogen-bond acceptors (Lipinski definition) is 3. The summed E-state index contributed by atoms with van der Waals surface area (Å²) in [5.74, 6) is 1.75. The van der Waals surface area contributed by atoms with Crippen molar-refractivity contribution >= 4 is 16.7 Å². The van der Waals surface area contributed by atoms with Crippen LogP contribution in [-0.2, 0) is 0 Å². The predicted molar refractivity (Wildman–Crippen MR) is 62.6 cm³/mol. The van der Waals surface area contributed by atoms with Crippen molar-refractivity contribution in [2.24, 2.45) is 0 Å². The van der Waals surface area contributed by atoms with Crippen molar-refractivity contribution in [2.45, 2.75) is 0 Å². The molecule has 1 aromatic heterocycles. The zero-order valence-electron chi connectivity index (χ0n) is 9.19. The van der Waals surface area contributed by atoms with Gasteiger partial charge in [0.05, 0.1) is 7.11 Å². The number of hydrogen-bond donors (Lipinski definition) is 0. The zero-order chi connectivity index (χ0) is 10.8. The fourth-order valence-electron chi connectivity index (χ4n) is 1.52. The molecule has 0 saturated heterocycles. The molecule has 1 aromatic carbocycles. The molecule has 3 nitrogen and oxygen atoms in total. The van der Waals surface area contributed by atoms with Crippen LogP contribution in [0.5, 0.6) is 5.75 Å². The number of rotatable bonds is 2. The fourth-order valence-corrected chi connectivity index (χ4v) is 1.52. The van der Waals surface area contributed by atoms with Crippen LogP contribution in [0, 0.1) is 0 Å². The monoisotopic (exact) mass is 202 g/mol. The van der Waals surface area contributed by atoms with Crippen LogP contribution in [0.4, 0.5) is 5.82 Å². The van der Waals surface area contributed by atoms with Gasteiger partial charge >= 0.3 is 0 Å². The van der Waals surface area contributed by atoms with Gasteiger partial charge in [-0.2, -0.15) is 0 Å². The lowest BCUT2D eigenvalue weighted by Gasteiger charge is -2.12. The maximum atomic E-state index is 5.28. The summed E-state index contributed by atoms with van der Waals surface area (Å²) in [7, 11) is 5.62. The van der Waals surface area contributed by atoms with E-state index in [0.717, 1.165) is 22.5 Å². The number of para-hydroxylation sites is 1. The highest BCUT2D eigenvalue weighted by Crippen LogP contribution is 2.25. The molecule has 0 bridgehead atoms. The second kappa shape index (κ2) is 3.77. The highest BCUT2D eigenvalue weighted by atomic mass is 16.5. The Morgan fingerprint density at radius 1 is 1.13 bits per heavy atom. The van der Waals surface area contributed by atoms with Gasteiger partial charge in [0.2, 0.25) is 0 Å². The second-order valence-corrected chi connectivity index (χ2v) is 3.60. The lowest BCUT2D eigenvalue weighted by atomic mass is 10.2. The Hall–Kier alpha value is -1.77. The number of nitrogens with zero attached hydrogens (tertiary/aromatic N) is 2. The van der Waals surface area contributed by atoms with Crippen molar-refractivity contribution in [3.05, 3.63) is 30.3 Å². The van der Waals surface area contributed by atoms with Gasteiger partial charge in [-0.1, -0.05) is 12.1 Å². The van der Waals surface area contributed by atoms with Crippen molar-refractivity contribution in [3.63, 3.8) is 0 Å². The van der Waals surface area contributed by atoms with Crippen molar-refractivity contribution < 1.29 is 4.74 Å². The van der Waals surface area contributed by atoms with Gasteiger partial charge in [-0.25, -0.2) is 4.98 Å². The third-order valence-corrected chi connectivity index (χ3v) is 2.35. The Morgan fingerprint density at radius 2 is 1.93 bits per heavy atom. The van der Waals surface area contributed by atoms with E-state index in [1.54, 1.807) is 7.11 Å². The Bertz CT molecular complexity index is 480.